The van der Waals surface area contributed by atoms with Gasteiger partial charge in [0.05, 0.1) is 24.5 Å². The molecule has 0 aliphatic heterocycles. The molecular weight excluding hydrogens is 208 g/mol. The van der Waals surface area contributed by atoms with E-state index in [0.29, 0.717) is 16.9 Å². The molecule has 16 heavy (non-hydrogen) atoms. The van der Waals surface area contributed by atoms with E-state index < -0.39 is 5.97 Å². The van der Waals surface area contributed by atoms with Crippen molar-refractivity contribution in [3.63, 3.8) is 0 Å². The Hall–Kier alpha value is -2.23. The summed E-state index contributed by atoms with van der Waals surface area (Å²) in [6, 6.07) is 7.99. The van der Waals surface area contributed by atoms with Crippen molar-refractivity contribution in [3.05, 3.63) is 42.2 Å². The molecule has 4 nitrogen and oxygen atoms in total. The highest BCUT2D eigenvalue weighted by molar-refractivity contribution is 5.90. The lowest BCUT2D eigenvalue weighted by Crippen LogP contribution is -2.00. The largest absolute Gasteiger partial charge is 0.507 e. The van der Waals surface area contributed by atoms with Crippen LogP contribution in [0.4, 0.5) is 0 Å². The van der Waals surface area contributed by atoms with E-state index in [1.165, 1.54) is 19.4 Å². The summed E-state index contributed by atoms with van der Waals surface area (Å²) in [5.41, 5.74) is 0.841. The van der Waals surface area contributed by atoms with Crippen molar-refractivity contribution in [1.29, 1.82) is 0 Å². The average Bonchev–Trinajstić information content (AvgIpc) is 2.81. The summed E-state index contributed by atoms with van der Waals surface area (Å²) in [4.78, 5) is 11.2. The minimum atomic E-state index is -0.485. The Labute approximate surface area is 92.1 Å². The summed E-state index contributed by atoms with van der Waals surface area (Å²) in [5, 5.41) is 9.74. The average molecular weight is 218 g/mol. The van der Waals surface area contributed by atoms with Crippen molar-refractivity contribution in [2.75, 3.05) is 7.11 Å². The summed E-state index contributed by atoms with van der Waals surface area (Å²) >= 11 is 0. The Kier molecular flexibility index (Phi) is 2.64. The van der Waals surface area contributed by atoms with Crippen LogP contribution in [0.3, 0.4) is 0 Å². The number of phenolic OH excluding ortho intramolecular Hbond substituents is 1. The van der Waals surface area contributed by atoms with Crippen LogP contribution in [-0.2, 0) is 4.74 Å². The molecule has 0 amide bonds. The van der Waals surface area contributed by atoms with E-state index >= 15 is 0 Å². The molecule has 0 saturated heterocycles. The molecule has 1 aromatic heterocycles. The molecule has 0 unspecified atom stereocenters. The monoisotopic (exact) mass is 218 g/mol. The normalized spacial score (nSPS) is 10.1. The number of esters is 1. The fourth-order valence-electron chi connectivity index (χ4n) is 1.42. The Morgan fingerprint density at radius 1 is 1.38 bits per heavy atom. The zero-order valence-electron chi connectivity index (χ0n) is 8.64. The van der Waals surface area contributed by atoms with Crippen LogP contribution >= 0.6 is 0 Å². The molecule has 1 N–H and O–H groups in total. The first-order valence-electron chi connectivity index (χ1n) is 4.67. The number of ether oxygens (including phenoxy) is 1. The number of hydrogen-bond donors (Lipinski definition) is 1. The Bertz CT molecular complexity index is 500. The van der Waals surface area contributed by atoms with Gasteiger partial charge in [0.1, 0.15) is 11.5 Å². The Morgan fingerprint density at radius 3 is 2.75 bits per heavy atom. The number of phenols is 1. The van der Waals surface area contributed by atoms with Crippen LogP contribution < -0.4 is 0 Å². The van der Waals surface area contributed by atoms with Crippen LogP contribution in [0.25, 0.3) is 11.3 Å². The van der Waals surface area contributed by atoms with Gasteiger partial charge in [0, 0.05) is 0 Å². The SMILES string of the molecule is COC(=O)c1ccc(-c2ccco2)c(O)c1. The lowest BCUT2D eigenvalue weighted by molar-refractivity contribution is 0.0600. The number of carbonyl (C=O) groups excluding carboxylic acids is 1. The molecule has 2 aromatic rings. The minimum absolute atomic E-state index is 0.0159. The molecule has 82 valence electrons. The van der Waals surface area contributed by atoms with E-state index in [1.54, 1.807) is 24.3 Å². The molecule has 0 aliphatic rings. The van der Waals surface area contributed by atoms with Gasteiger partial charge in [0.25, 0.3) is 0 Å². The number of benzene rings is 1. The molecule has 1 aromatic carbocycles. The molecule has 0 bridgehead atoms. The molecule has 0 atom stereocenters. The fourth-order valence-corrected chi connectivity index (χ4v) is 1.42. The first-order chi connectivity index (χ1) is 7.72. The second kappa shape index (κ2) is 4.10. The zero-order chi connectivity index (χ0) is 11.5. The standard InChI is InChI=1S/C12H10O4/c1-15-12(14)8-4-5-9(10(13)7-8)11-3-2-6-16-11/h2-7,13H,1H3. The first-order valence-corrected chi connectivity index (χ1v) is 4.67. The maximum atomic E-state index is 11.2. The molecule has 4 heteroatoms. The zero-order valence-corrected chi connectivity index (χ0v) is 8.64. The number of carbonyl (C=O) groups is 1. The van der Waals surface area contributed by atoms with Gasteiger partial charge in [0.2, 0.25) is 0 Å². The van der Waals surface area contributed by atoms with E-state index in [4.69, 9.17) is 4.42 Å². The van der Waals surface area contributed by atoms with Crippen molar-refractivity contribution in [3.8, 4) is 17.1 Å². The summed E-state index contributed by atoms with van der Waals surface area (Å²) in [6.45, 7) is 0. The number of methoxy groups -OCH3 is 1. The molecule has 0 spiro atoms. The summed E-state index contributed by atoms with van der Waals surface area (Å²) < 4.78 is 9.70. The molecule has 1 heterocycles. The van der Waals surface area contributed by atoms with Crippen LogP contribution in [0.5, 0.6) is 5.75 Å². The predicted octanol–water partition coefficient (Wildman–Crippen LogP) is 2.44. The topological polar surface area (TPSA) is 59.7 Å². The maximum Gasteiger partial charge on any atom is 0.337 e. The van der Waals surface area contributed by atoms with Gasteiger partial charge in [-0.3, -0.25) is 0 Å². The van der Waals surface area contributed by atoms with Crippen LogP contribution in [0, 0.1) is 0 Å². The molecule has 0 radical (unpaired) electrons. The predicted molar refractivity (Wildman–Crippen MR) is 57.1 cm³/mol. The van der Waals surface area contributed by atoms with E-state index in [1.807, 2.05) is 0 Å². The Balaban J connectivity index is 2.41. The molecule has 0 saturated carbocycles. The maximum absolute atomic E-state index is 11.2. The van der Waals surface area contributed by atoms with Crippen molar-refractivity contribution in [1.82, 2.24) is 0 Å². The quantitative estimate of drug-likeness (QED) is 0.786. The number of rotatable bonds is 2. The van der Waals surface area contributed by atoms with Crippen LogP contribution in [0.1, 0.15) is 10.4 Å². The van der Waals surface area contributed by atoms with Gasteiger partial charge in [0.15, 0.2) is 0 Å². The fraction of sp³-hybridized carbons (Fsp3) is 0.0833. The third-order valence-electron chi connectivity index (χ3n) is 2.21. The highest BCUT2D eigenvalue weighted by Crippen LogP contribution is 2.30. The highest BCUT2D eigenvalue weighted by atomic mass is 16.5. The van der Waals surface area contributed by atoms with Crippen molar-refractivity contribution >= 4 is 5.97 Å². The van der Waals surface area contributed by atoms with Gasteiger partial charge < -0.3 is 14.3 Å². The first kappa shape index (κ1) is 10.3. The molecule has 0 aliphatic carbocycles. The summed E-state index contributed by atoms with van der Waals surface area (Å²) in [5.74, 6) is 0.0491. The van der Waals surface area contributed by atoms with Gasteiger partial charge >= 0.3 is 5.97 Å². The summed E-state index contributed by atoms with van der Waals surface area (Å²) in [6.07, 6.45) is 1.52. The van der Waals surface area contributed by atoms with Gasteiger partial charge in [-0.05, 0) is 30.3 Å². The highest BCUT2D eigenvalue weighted by Gasteiger charge is 2.11. The molecular formula is C12H10O4. The lowest BCUT2D eigenvalue weighted by Gasteiger charge is -2.03. The number of aromatic hydroxyl groups is 1. The van der Waals surface area contributed by atoms with Crippen LogP contribution in [-0.4, -0.2) is 18.2 Å². The number of hydrogen-bond acceptors (Lipinski definition) is 4. The van der Waals surface area contributed by atoms with Crippen LogP contribution in [0.2, 0.25) is 0 Å². The third kappa shape index (κ3) is 1.77. The second-order valence-electron chi connectivity index (χ2n) is 3.20. The van der Waals surface area contributed by atoms with E-state index in [9.17, 15) is 9.90 Å². The third-order valence-corrected chi connectivity index (χ3v) is 2.21. The lowest BCUT2D eigenvalue weighted by atomic mass is 10.1. The molecule has 0 fully saturated rings. The van der Waals surface area contributed by atoms with Crippen molar-refractivity contribution in [2.45, 2.75) is 0 Å². The Morgan fingerprint density at radius 2 is 2.19 bits per heavy atom. The minimum Gasteiger partial charge on any atom is -0.507 e. The van der Waals surface area contributed by atoms with E-state index in [0.717, 1.165) is 0 Å². The summed E-state index contributed by atoms with van der Waals surface area (Å²) in [7, 11) is 1.29. The van der Waals surface area contributed by atoms with E-state index in [2.05, 4.69) is 4.74 Å². The van der Waals surface area contributed by atoms with Crippen LogP contribution in [0.15, 0.2) is 41.0 Å². The van der Waals surface area contributed by atoms with Crippen molar-refractivity contribution < 1.29 is 19.1 Å². The molecule has 2 rings (SSSR count). The second-order valence-corrected chi connectivity index (χ2v) is 3.20. The van der Waals surface area contributed by atoms with Gasteiger partial charge in [-0.1, -0.05) is 0 Å². The van der Waals surface area contributed by atoms with Gasteiger partial charge in [-0.15, -0.1) is 0 Å². The smallest absolute Gasteiger partial charge is 0.337 e. The van der Waals surface area contributed by atoms with E-state index in [-0.39, 0.29) is 5.75 Å². The van der Waals surface area contributed by atoms with Crippen molar-refractivity contribution in [2.24, 2.45) is 0 Å². The van der Waals surface area contributed by atoms with Gasteiger partial charge in [-0.2, -0.15) is 0 Å². The number of furan rings is 1. The van der Waals surface area contributed by atoms with Gasteiger partial charge in [-0.25, -0.2) is 4.79 Å².